The van der Waals surface area contributed by atoms with Gasteiger partial charge >= 0.3 is 0 Å². The van der Waals surface area contributed by atoms with Crippen molar-refractivity contribution >= 4 is 0 Å². The number of rotatable bonds is 3. The number of ether oxygens (including phenoxy) is 1. The van der Waals surface area contributed by atoms with Gasteiger partial charge in [0.2, 0.25) is 0 Å². The molecular formula is C17H20O2. The molecular weight excluding hydrogens is 236 g/mol. The Kier molecular flexibility index (Phi) is 3.91. The van der Waals surface area contributed by atoms with E-state index >= 15 is 0 Å². The summed E-state index contributed by atoms with van der Waals surface area (Å²) in [7, 11) is 0. The van der Waals surface area contributed by atoms with Gasteiger partial charge in [-0.1, -0.05) is 51.1 Å². The van der Waals surface area contributed by atoms with Crippen LogP contribution >= 0.6 is 0 Å². The lowest BCUT2D eigenvalue weighted by Gasteiger charge is -2.26. The smallest absolute Gasteiger partial charge is 0.127 e. The van der Waals surface area contributed by atoms with Crippen molar-refractivity contribution in [3.8, 4) is 11.5 Å². The van der Waals surface area contributed by atoms with E-state index in [1.54, 1.807) is 0 Å². The molecule has 0 bridgehead atoms. The minimum atomic E-state index is -0.474. The molecule has 19 heavy (non-hydrogen) atoms. The normalized spacial score (nSPS) is 13.1. The van der Waals surface area contributed by atoms with E-state index < -0.39 is 6.10 Å². The first-order valence-electron chi connectivity index (χ1n) is 6.48. The molecule has 1 atom stereocenters. The number of para-hydroxylation sites is 1. The lowest BCUT2D eigenvalue weighted by molar-refractivity contribution is 0.0626. The molecule has 2 aromatic carbocycles. The van der Waals surface area contributed by atoms with Crippen LogP contribution in [0.15, 0.2) is 54.6 Å². The van der Waals surface area contributed by atoms with Gasteiger partial charge in [0, 0.05) is 0 Å². The molecule has 0 radical (unpaired) electrons. The van der Waals surface area contributed by atoms with E-state index in [4.69, 9.17) is 4.74 Å². The summed E-state index contributed by atoms with van der Waals surface area (Å²) in [6.07, 6.45) is -0.474. The molecule has 2 aromatic rings. The second-order valence-corrected chi connectivity index (χ2v) is 5.75. The van der Waals surface area contributed by atoms with Gasteiger partial charge in [0.05, 0.1) is 6.10 Å². The lowest BCUT2D eigenvalue weighted by Crippen LogP contribution is -2.17. The zero-order valence-electron chi connectivity index (χ0n) is 11.6. The van der Waals surface area contributed by atoms with Crippen molar-refractivity contribution in [2.75, 3.05) is 0 Å². The Morgan fingerprint density at radius 2 is 1.37 bits per heavy atom. The summed E-state index contributed by atoms with van der Waals surface area (Å²) in [5.41, 5.74) is 0.745. The van der Waals surface area contributed by atoms with Gasteiger partial charge in [0.1, 0.15) is 11.5 Å². The van der Waals surface area contributed by atoms with Gasteiger partial charge in [0.15, 0.2) is 0 Å². The van der Waals surface area contributed by atoms with E-state index in [1.807, 2.05) is 75.4 Å². The third-order valence-corrected chi connectivity index (χ3v) is 3.00. The molecule has 0 aliphatic heterocycles. The minimum Gasteiger partial charge on any atom is -0.457 e. The number of benzene rings is 2. The Morgan fingerprint density at radius 1 is 0.842 bits per heavy atom. The Labute approximate surface area is 114 Å². The Hall–Kier alpha value is -1.80. The first kappa shape index (κ1) is 13.6. The third-order valence-electron chi connectivity index (χ3n) is 3.00. The van der Waals surface area contributed by atoms with E-state index in [0.29, 0.717) is 0 Å². The molecule has 2 rings (SSSR count). The molecule has 1 N–H and O–H groups in total. The molecule has 2 heteroatoms. The first-order chi connectivity index (χ1) is 8.97. The molecule has 100 valence electrons. The van der Waals surface area contributed by atoms with Crippen molar-refractivity contribution in [3.05, 3.63) is 60.2 Å². The number of aliphatic hydroxyl groups is 1. The fraction of sp³-hybridized carbons (Fsp3) is 0.294. The van der Waals surface area contributed by atoms with Gasteiger partial charge in [-0.15, -0.1) is 0 Å². The average Bonchev–Trinajstić information content (AvgIpc) is 2.39. The zero-order valence-corrected chi connectivity index (χ0v) is 11.6. The van der Waals surface area contributed by atoms with E-state index in [9.17, 15) is 5.11 Å². The second kappa shape index (κ2) is 5.45. The van der Waals surface area contributed by atoms with Crippen molar-refractivity contribution in [1.29, 1.82) is 0 Å². The fourth-order valence-electron chi connectivity index (χ4n) is 1.84. The molecule has 0 heterocycles. The lowest BCUT2D eigenvalue weighted by atomic mass is 9.85. The molecule has 0 saturated heterocycles. The van der Waals surface area contributed by atoms with Gasteiger partial charge in [-0.25, -0.2) is 0 Å². The van der Waals surface area contributed by atoms with Crippen molar-refractivity contribution in [2.45, 2.75) is 26.9 Å². The highest BCUT2D eigenvalue weighted by Gasteiger charge is 2.23. The predicted molar refractivity (Wildman–Crippen MR) is 77.4 cm³/mol. The van der Waals surface area contributed by atoms with Crippen LogP contribution in [0.5, 0.6) is 11.5 Å². The van der Waals surface area contributed by atoms with Crippen LogP contribution < -0.4 is 4.74 Å². The summed E-state index contributed by atoms with van der Waals surface area (Å²) >= 11 is 0. The van der Waals surface area contributed by atoms with Gasteiger partial charge in [-0.05, 0) is 35.2 Å². The van der Waals surface area contributed by atoms with E-state index in [-0.39, 0.29) is 5.41 Å². The summed E-state index contributed by atoms with van der Waals surface area (Å²) in [5, 5.41) is 10.2. The van der Waals surface area contributed by atoms with Crippen molar-refractivity contribution in [3.63, 3.8) is 0 Å². The van der Waals surface area contributed by atoms with Crippen LogP contribution in [-0.2, 0) is 0 Å². The SMILES string of the molecule is CC(C)(C)C(O)c1ccc(Oc2ccccc2)cc1. The molecule has 0 fully saturated rings. The third kappa shape index (κ3) is 3.58. The molecule has 0 aliphatic carbocycles. The van der Waals surface area contributed by atoms with Crippen LogP contribution in [0.3, 0.4) is 0 Å². The summed E-state index contributed by atoms with van der Waals surface area (Å²) in [4.78, 5) is 0. The second-order valence-electron chi connectivity index (χ2n) is 5.75. The van der Waals surface area contributed by atoms with E-state index in [1.165, 1.54) is 0 Å². The number of hydrogen-bond acceptors (Lipinski definition) is 2. The Bertz CT molecular complexity index is 509. The molecule has 1 unspecified atom stereocenters. The molecule has 0 aromatic heterocycles. The number of hydrogen-bond donors (Lipinski definition) is 1. The molecule has 0 spiro atoms. The largest absolute Gasteiger partial charge is 0.457 e. The molecule has 0 aliphatic rings. The van der Waals surface area contributed by atoms with Crippen LogP contribution in [0.1, 0.15) is 32.4 Å². The topological polar surface area (TPSA) is 29.5 Å². The Balaban J connectivity index is 2.11. The maximum atomic E-state index is 10.2. The van der Waals surface area contributed by atoms with Crippen molar-refractivity contribution in [2.24, 2.45) is 5.41 Å². The van der Waals surface area contributed by atoms with Crippen LogP contribution in [-0.4, -0.2) is 5.11 Å². The van der Waals surface area contributed by atoms with Crippen molar-refractivity contribution in [1.82, 2.24) is 0 Å². The minimum absolute atomic E-state index is 0.165. The summed E-state index contributed by atoms with van der Waals surface area (Å²) in [6.45, 7) is 6.06. The quantitative estimate of drug-likeness (QED) is 0.872. The van der Waals surface area contributed by atoms with E-state index in [2.05, 4.69) is 0 Å². The zero-order chi connectivity index (χ0) is 13.9. The predicted octanol–water partition coefficient (Wildman–Crippen LogP) is 4.56. The van der Waals surface area contributed by atoms with Crippen molar-refractivity contribution < 1.29 is 9.84 Å². The van der Waals surface area contributed by atoms with Gasteiger partial charge in [-0.3, -0.25) is 0 Å². The maximum absolute atomic E-state index is 10.2. The standard InChI is InChI=1S/C17H20O2/c1-17(2,3)16(18)13-9-11-15(12-10-13)19-14-7-5-4-6-8-14/h4-12,16,18H,1-3H3. The van der Waals surface area contributed by atoms with Gasteiger partial charge < -0.3 is 9.84 Å². The van der Waals surface area contributed by atoms with E-state index in [0.717, 1.165) is 17.1 Å². The monoisotopic (exact) mass is 256 g/mol. The molecule has 0 amide bonds. The van der Waals surface area contributed by atoms with Gasteiger partial charge in [-0.2, -0.15) is 0 Å². The van der Waals surface area contributed by atoms with Crippen LogP contribution in [0, 0.1) is 5.41 Å². The summed E-state index contributed by atoms with van der Waals surface area (Å²) in [6, 6.07) is 17.3. The molecule has 2 nitrogen and oxygen atoms in total. The molecule has 0 saturated carbocycles. The Morgan fingerprint density at radius 3 is 1.89 bits per heavy atom. The maximum Gasteiger partial charge on any atom is 0.127 e. The van der Waals surface area contributed by atoms with Crippen LogP contribution in [0.4, 0.5) is 0 Å². The van der Waals surface area contributed by atoms with Crippen LogP contribution in [0.2, 0.25) is 0 Å². The fourth-order valence-corrected chi connectivity index (χ4v) is 1.84. The highest BCUT2D eigenvalue weighted by Crippen LogP contribution is 2.33. The first-order valence-corrected chi connectivity index (χ1v) is 6.48. The summed E-state index contributed by atoms with van der Waals surface area (Å²) < 4.78 is 5.72. The summed E-state index contributed by atoms with van der Waals surface area (Å²) in [5.74, 6) is 1.59. The number of aliphatic hydroxyl groups excluding tert-OH is 1. The van der Waals surface area contributed by atoms with Crippen LogP contribution in [0.25, 0.3) is 0 Å². The van der Waals surface area contributed by atoms with Gasteiger partial charge in [0.25, 0.3) is 0 Å². The average molecular weight is 256 g/mol. The highest BCUT2D eigenvalue weighted by atomic mass is 16.5. The highest BCUT2D eigenvalue weighted by molar-refractivity contribution is 5.33.